The molecule has 0 atom stereocenters. The maximum absolute atomic E-state index is 12.5. The molecule has 0 saturated carbocycles. The molecule has 1 N–H and O–H groups in total. The van der Waals surface area contributed by atoms with E-state index >= 15 is 0 Å². The van der Waals surface area contributed by atoms with Gasteiger partial charge in [0, 0.05) is 35.9 Å². The number of hydrogen-bond donors (Lipinski definition) is 1. The Hall–Kier alpha value is -3.61. The van der Waals surface area contributed by atoms with Gasteiger partial charge in [-0.25, -0.2) is 4.98 Å². The number of carbonyl (C=O) groups is 1. The molecule has 0 spiro atoms. The summed E-state index contributed by atoms with van der Waals surface area (Å²) in [6, 6.07) is 16.3. The maximum Gasteiger partial charge on any atom is 0.231 e. The molecule has 1 saturated heterocycles. The monoisotopic (exact) mass is 457 g/mol. The first-order chi connectivity index (χ1) is 16.4. The van der Waals surface area contributed by atoms with Crippen LogP contribution in [0, 0.1) is 0 Å². The Balaban J connectivity index is 1.26. The summed E-state index contributed by atoms with van der Waals surface area (Å²) < 4.78 is 7.35. The van der Waals surface area contributed by atoms with E-state index in [4.69, 9.17) is 4.52 Å². The lowest BCUT2D eigenvalue weighted by molar-refractivity contribution is -0.115. The van der Waals surface area contributed by atoms with E-state index in [0.29, 0.717) is 5.88 Å². The number of rotatable bonds is 5. The number of aromatic nitrogens is 3. The van der Waals surface area contributed by atoms with Crippen LogP contribution >= 0.6 is 0 Å². The summed E-state index contributed by atoms with van der Waals surface area (Å²) in [5, 5.41) is 6.84. The highest BCUT2D eigenvalue weighted by molar-refractivity contribution is 5.91. The van der Waals surface area contributed by atoms with Crippen LogP contribution in [0.5, 0.6) is 0 Å². The van der Waals surface area contributed by atoms with Crippen LogP contribution in [0.3, 0.4) is 0 Å². The van der Waals surface area contributed by atoms with Crippen molar-refractivity contribution in [1.29, 1.82) is 0 Å². The van der Waals surface area contributed by atoms with Gasteiger partial charge in [0.05, 0.1) is 23.1 Å². The predicted octanol–water partition coefficient (Wildman–Crippen LogP) is 5.48. The quantitative estimate of drug-likeness (QED) is 0.429. The van der Waals surface area contributed by atoms with Crippen LogP contribution in [0.1, 0.15) is 51.3 Å². The van der Waals surface area contributed by atoms with Gasteiger partial charge in [-0.05, 0) is 55.2 Å². The molecule has 1 fully saturated rings. The highest BCUT2D eigenvalue weighted by Crippen LogP contribution is 2.26. The first-order valence-corrected chi connectivity index (χ1v) is 12.0. The molecule has 0 bridgehead atoms. The minimum Gasteiger partial charge on any atom is -0.371 e. The third kappa shape index (κ3) is 4.69. The van der Waals surface area contributed by atoms with Gasteiger partial charge in [-0.1, -0.05) is 38.1 Å². The Morgan fingerprint density at radius 1 is 1.00 bits per heavy atom. The Morgan fingerprint density at radius 3 is 2.44 bits per heavy atom. The van der Waals surface area contributed by atoms with Crippen molar-refractivity contribution in [3.8, 4) is 5.69 Å². The van der Waals surface area contributed by atoms with Crippen molar-refractivity contribution in [2.75, 3.05) is 23.3 Å². The molecule has 1 aliphatic heterocycles. The van der Waals surface area contributed by atoms with Crippen molar-refractivity contribution in [2.45, 2.75) is 51.9 Å². The van der Waals surface area contributed by atoms with Gasteiger partial charge >= 0.3 is 0 Å². The highest BCUT2D eigenvalue weighted by atomic mass is 16.5. The van der Waals surface area contributed by atoms with Crippen molar-refractivity contribution in [3.63, 3.8) is 0 Å². The van der Waals surface area contributed by atoms with Gasteiger partial charge in [-0.2, -0.15) is 0 Å². The summed E-state index contributed by atoms with van der Waals surface area (Å²) in [7, 11) is 0. The summed E-state index contributed by atoms with van der Waals surface area (Å²) in [6.07, 6.45) is 5.96. The molecule has 0 radical (unpaired) electrons. The van der Waals surface area contributed by atoms with E-state index in [1.165, 1.54) is 24.9 Å². The summed E-state index contributed by atoms with van der Waals surface area (Å²) in [6.45, 7) is 8.39. The normalized spacial score (nSPS) is 14.5. The van der Waals surface area contributed by atoms with E-state index in [0.717, 1.165) is 41.1 Å². The molecule has 5 rings (SSSR count). The average molecular weight is 458 g/mol. The third-order valence-electron chi connectivity index (χ3n) is 6.37. The predicted molar refractivity (Wildman–Crippen MR) is 135 cm³/mol. The molecule has 4 aromatic rings. The molecule has 2 aromatic carbocycles. The van der Waals surface area contributed by atoms with Crippen LogP contribution in [0.4, 0.5) is 11.6 Å². The minimum atomic E-state index is -0.136. The second-order valence-electron chi connectivity index (χ2n) is 10.1. The molecule has 1 amide bonds. The molecule has 34 heavy (non-hydrogen) atoms. The molecule has 3 heterocycles. The van der Waals surface area contributed by atoms with Gasteiger partial charge in [0.15, 0.2) is 0 Å². The summed E-state index contributed by atoms with van der Waals surface area (Å²) >= 11 is 0. The van der Waals surface area contributed by atoms with Crippen molar-refractivity contribution < 1.29 is 9.32 Å². The second kappa shape index (κ2) is 8.97. The van der Waals surface area contributed by atoms with Crippen molar-refractivity contribution >= 4 is 28.5 Å². The Bertz CT molecular complexity index is 1290. The topological polar surface area (TPSA) is 76.2 Å². The smallest absolute Gasteiger partial charge is 0.231 e. The van der Waals surface area contributed by atoms with Gasteiger partial charge < -0.3 is 9.42 Å². The lowest BCUT2D eigenvalue weighted by Crippen LogP contribution is -2.29. The number of nitrogens with one attached hydrogen (secondary N) is 1. The van der Waals surface area contributed by atoms with E-state index in [1.807, 2.05) is 30.6 Å². The van der Waals surface area contributed by atoms with Gasteiger partial charge in [0.2, 0.25) is 11.8 Å². The molecule has 7 heteroatoms. The second-order valence-corrected chi connectivity index (χ2v) is 10.1. The molecular formula is C27H31N5O2. The Morgan fingerprint density at radius 2 is 1.74 bits per heavy atom. The van der Waals surface area contributed by atoms with Crippen LogP contribution < -0.4 is 10.2 Å². The highest BCUT2D eigenvalue weighted by Gasteiger charge is 2.20. The number of fused-ring (bicyclic) bond motifs is 1. The number of imidazole rings is 1. The largest absolute Gasteiger partial charge is 0.371 e. The fourth-order valence-electron chi connectivity index (χ4n) is 4.38. The number of carbonyl (C=O) groups excluding carboxylic acids is 1. The first kappa shape index (κ1) is 22.2. The summed E-state index contributed by atoms with van der Waals surface area (Å²) in [5.41, 5.74) is 5.94. The number of nitrogens with zero attached hydrogens (tertiary/aromatic N) is 4. The van der Waals surface area contributed by atoms with Crippen LogP contribution in [-0.4, -0.2) is 33.7 Å². The fourth-order valence-corrected chi connectivity index (χ4v) is 4.38. The fraction of sp³-hybridized carbons (Fsp3) is 0.370. The molecule has 176 valence electrons. The zero-order chi connectivity index (χ0) is 23.7. The van der Waals surface area contributed by atoms with E-state index in [2.05, 4.69) is 63.9 Å². The minimum absolute atomic E-state index is 0.130. The van der Waals surface area contributed by atoms with Crippen molar-refractivity contribution in [2.24, 2.45) is 0 Å². The molecule has 2 aromatic heterocycles. The summed E-state index contributed by atoms with van der Waals surface area (Å²) in [4.78, 5) is 19.6. The van der Waals surface area contributed by atoms with Crippen molar-refractivity contribution in [3.05, 3.63) is 66.1 Å². The summed E-state index contributed by atoms with van der Waals surface area (Å²) in [5.74, 6) is 0.239. The number of amides is 1. The number of hydrogen-bond acceptors (Lipinski definition) is 5. The molecule has 0 aliphatic carbocycles. The van der Waals surface area contributed by atoms with Gasteiger partial charge in [0.25, 0.3) is 0 Å². The van der Waals surface area contributed by atoms with Crippen molar-refractivity contribution in [1.82, 2.24) is 14.7 Å². The van der Waals surface area contributed by atoms with Gasteiger partial charge in [0.1, 0.15) is 6.33 Å². The first-order valence-electron chi connectivity index (χ1n) is 12.0. The van der Waals surface area contributed by atoms with Gasteiger partial charge in [-0.3, -0.25) is 14.7 Å². The van der Waals surface area contributed by atoms with E-state index in [9.17, 15) is 4.79 Å². The van der Waals surface area contributed by atoms with Crippen LogP contribution in [0.15, 0.2) is 59.4 Å². The zero-order valence-electron chi connectivity index (χ0n) is 20.0. The van der Waals surface area contributed by atoms with E-state index in [1.54, 1.807) is 6.07 Å². The van der Waals surface area contributed by atoms with Crippen LogP contribution in [0.2, 0.25) is 0 Å². The van der Waals surface area contributed by atoms with Gasteiger partial charge in [-0.15, -0.1) is 0 Å². The number of benzene rings is 2. The molecule has 0 unspecified atom stereocenters. The average Bonchev–Trinajstić information content (AvgIpc) is 3.47. The van der Waals surface area contributed by atoms with E-state index in [-0.39, 0.29) is 17.7 Å². The standard InChI is InChI=1S/C27H31N5O2/c1-27(2,3)24-17-26(34-30-24)29-25(33)15-19-7-9-20(10-8-19)32-18-28-22-16-21(11-12-23(22)32)31-13-5-4-6-14-31/h7-12,16-18H,4-6,13-15H2,1-3H3,(H,29,33). The third-order valence-corrected chi connectivity index (χ3v) is 6.37. The Labute approximate surface area is 199 Å². The maximum atomic E-state index is 12.5. The molecule has 7 nitrogen and oxygen atoms in total. The van der Waals surface area contributed by atoms with E-state index < -0.39 is 0 Å². The zero-order valence-corrected chi connectivity index (χ0v) is 20.0. The lowest BCUT2D eigenvalue weighted by atomic mass is 9.92. The van der Waals surface area contributed by atoms with Crippen LogP contribution in [-0.2, 0) is 16.6 Å². The van der Waals surface area contributed by atoms with Crippen LogP contribution in [0.25, 0.3) is 16.7 Å². The SMILES string of the molecule is CC(C)(C)c1cc(NC(=O)Cc2ccc(-n3cnc4cc(N5CCCCC5)ccc43)cc2)on1. The number of anilines is 2. The lowest BCUT2D eigenvalue weighted by Gasteiger charge is -2.28. The Kier molecular flexibility index (Phi) is 5.86. The molecular weight excluding hydrogens is 426 g/mol. The number of piperidine rings is 1. The molecule has 1 aliphatic rings.